The lowest BCUT2D eigenvalue weighted by Crippen LogP contribution is -1.99. The van der Waals surface area contributed by atoms with E-state index in [1.54, 1.807) is 7.11 Å². The molecule has 82 valence electrons. The summed E-state index contributed by atoms with van der Waals surface area (Å²) in [5.74, 6) is -0.0129. The number of methoxy groups -OCH3 is 1. The highest BCUT2D eigenvalue weighted by Gasteiger charge is 2.09. The first-order valence-electron chi connectivity index (χ1n) is 4.54. The molecule has 0 aliphatic rings. The largest absolute Gasteiger partial charge is 0.496 e. The zero-order chi connectivity index (χ0) is 11.4. The van der Waals surface area contributed by atoms with Crippen molar-refractivity contribution >= 4 is 17.7 Å². The second-order valence-electron chi connectivity index (χ2n) is 3.30. The number of carboxylic acid groups (broad SMARTS) is 1. The highest BCUT2D eigenvalue weighted by molar-refractivity contribution is 8.00. The Hall–Kier alpha value is -1.16. The van der Waals surface area contributed by atoms with E-state index in [1.165, 1.54) is 11.8 Å². The van der Waals surface area contributed by atoms with Crippen LogP contribution in [0.2, 0.25) is 0 Å². The summed E-state index contributed by atoms with van der Waals surface area (Å²) in [6, 6.07) is 3.93. The molecular formula is C11H14O3S. The van der Waals surface area contributed by atoms with Gasteiger partial charge in [0.1, 0.15) is 5.75 Å². The average molecular weight is 226 g/mol. The number of thioether (sulfide) groups is 1. The first kappa shape index (κ1) is 11.9. The van der Waals surface area contributed by atoms with E-state index in [0.29, 0.717) is 0 Å². The summed E-state index contributed by atoms with van der Waals surface area (Å²) in [6.45, 7) is 3.95. The molecule has 0 aliphatic carbocycles. The molecule has 0 aromatic heterocycles. The van der Waals surface area contributed by atoms with Crippen LogP contribution in [0.25, 0.3) is 0 Å². The SMILES string of the molecule is COc1cc(C)cc(C)c1SCC(=O)O. The van der Waals surface area contributed by atoms with Crippen molar-refractivity contribution in [2.45, 2.75) is 18.7 Å². The van der Waals surface area contributed by atoms with Crippen LogP contribution >= 0.6 is 11.8 Å². The molecule has 1 N–H and O–H groups in total. The van der Waals surface area contributed by atoms with Crippen LogP contribution in [0.3, 0.4) is 0 Å². The fourth-order valence-electron chi connectivity index (χ4n) is 1.39. The Bertz CT molecular complexity index is 374. The molecule has 0 heterocycles. The van der Waals surface area contributed by atoms with Crippen LogP contribution < -0.4 is 4.74 Å². The molecule has 15 heavy (non-hydrogen) atoms. The molecule has 0 unspecified atom stereocenters. The molecule has 1 aromatic carbocycles. The first-order chi connectivity index (χ1) is 7.04. The van der Waals surface area contributed by atoms with Gasteiger partial charge in [-0.2, -0.15) is 0 Å². The predicted molar refractivity (Wildman–Crippen MR) is 60.8 cm³/mol. The topological polar surface area (TPSA) is 46.5 Å². The number of carboxylic acids is 1. The van der Waals surface area contributed by atoms with Crippen LogP contribution in [0.5, 0.6) is 5.75 Å². The third kappa shape index (κ3) is 3.16. The Morgan fingerprint density at radius 2 is 2.13 bits per heavy atom. The molecule has 1 aromatic rings. The van der Waals surface area contributed by atoms with Crippen LogP contribution in [-0.2, 0) is 4.79 Å². The molecule has 0 saturated carbocycles. The zero-order valence-corrected chi connectivity index (χ0v) is 9.85. The summed E-state index contributed by atoms with van der Waals surface area (Å²) in [7, 11) is 1.60. The van der Waals surface area contributed by atoms with Gasteiger partial charge in [0.25, 0.3) is 0 Å². The molecule has 0 saturated heterocycles. The Labute approximate surface area is 93.4 Å². The lowest BCUT2D eigenvalue weighted by Gasteiger charge is -2.11. The molecule has 0 amide bonds. The molecule has 0 spiro atoms. The van der Waals surface area contributed by atoms with E-state index in [0.717, 1.165) is 21.8 Å². The van der Waals surface area contributed by atoms with Crippen LogP contribution in [0.4, 0.5) is 0 Å². The molecule has 0 aliphatic heterocycles. The third-order valence-corrected chi connectivity index (χ3v) is 3.15. The minimum absolute atomic E-state index is 0.0558. The van der Waals surface area contributed by atoms with E-state index in [2.05, 4.69) is 0 Å². The van der Waals surface area contributed by atoms with Gasteiger partial charge >= 0.3 is 5.97 Å². The van der Waals surface area contributed by atoms with Crippen LogP contribution in [-0.4, -0.2) is 23.9 Å². The van der Waals surface area contributed by atoms with E-state index in [9.17, 15) is 4.79 Å². The van der Waals surface area contributed by atoms with Gasteiger partial charge in [0.05, 0.1) is 17.8 Å². The summed E-state index contributed by atoms with van der Waals surface area (Å²) >= 11 is 1.29. The van der Waals surface area contributed by atoms with Crippen molar-refractivity contribution in [1.29, 1.82) is 0 Å². The van der Waals surface area contributed by atoms with Crippen molar-refractivity contribution in [3.05, 3.63) is 23.3 Å². The monoisotopic (exact) mass is 226 g/mol. The highest BCUT2D eigenvalue weighted by atomic mass is 32.2. The summed E-state index contributed by atoms with van der Waals surface area (Å²) in [4.78, 5) is 11.4. The van der Waals surface area contributed by atoms with Crippen LogP contribution in [0.15, 0.2) is 17.0 Å². The second-order valence-corrected chi connectivity index (χ2v) is 4.28. The minimum Gasteiger partial charge on any atom is -0.496 e. The van der Waals surface area contributed by atoms with Gasteiger partial charge in [-0.1, -0.05) is 6.07 Å². The van der Waals surface area contributed by atoms with E-state index in [-0.39, 0.29) is 5.75 Å². The number of carbonyl (C=O) groups is 1. The number of ether oxygens (including phenoxy) is 1. The van der Waals surface area contributed by atoms with Crippen molar-refractivity contribution in [2.75, 3.05) is 12.9 Å². The van der Waals surface area contributed by atoms with E-state index < -0.39 is 5.97 Å². The summed E-state index contributed by atoms with van der Waals surface area (Å²) in [6.07, 6.45) is 0. The number of hydrogen-bond donors (Lipinski definition) is 1. The van der Waals surface area contributed by atoms with Gasteiger partial charge in [0.2, 0.25) is 0 Å². The molecule has 0 bridgehead atoms. The minimum atomic E-state index is -0.818. The fraction of sp³-hybridized carbons (Fsp3) is 0.364. The van der Waals surface area contributed by atoms with E-state index in [4.69, 9.17) is 9.84 Å². The number of benzene rings is 1. The van der Waals surface area contributed by atoms with Crippen molar-refractivity contribution in [2.24, 2.45) is 0 Å². The van der Waals surface area contributed by atoms with Gasteiger partial charge in [-0.25, -0.2) is 0 Å². The Morgan fingerprint density at radius 1 is 1.47 bits per heavy atom. The Morgan fingerprint density at radius 3 is 2.67 bits per heavy atom. The molecule has 3 nitrogen and oxygen atoms in total. The van der Waals surface area contributed by atoms with Gasteiger partial charge in [-0.3, -0.25) is 4.79 Å². The third-order valence-electron chi connectivity index (χ3n) is 1.94. The average Bonchev–Trinajstić information content (AvgIpc) is 2.14. The maximum atomic E-state index is 10.5. The second kappa shape index (κ2) is 5.07. The van der Waals surface area contributed by atoms with Crippen LogP contribution in [0.1, 0.15) is 11.1 Å². The molecule has 0 radical (unpaired) electrons. The summed E-state index contributed by atoms with van der Waals surface area (Å²) in [5, 5.41) is 8.62. The summed E-state index contributed by atoms with van der Waals surface area (Å²) in [5.41, 5.74) is 2.17. The molecule has 1 rings (SSSR count). The number of aliphatic carboxylic acids is 1. The molecule has 0 fully saturated rings. The van der Waals surface area contributed by atoms with Crippen molar-refractivity contribution in [3.63, 3.8) is 0 Å². The van der Waals surface area contributed by atoms with Crippen LogP contribution in [0, 0.1) is 13.8 Å². The molecule has 4 heteroatoms. The van der Waals surface area contributed by atoms with Gasteiger partial charge in [0, 0.05) is 0 Å². The quantitative estimate of drug-likeness (QED) is 0.801. The Kier molecular flexibility index (Phi) is 4.03. The molecule has 0 atom stereocenters. The standard InChI is InChI=1S/C11H14O3S/c1-7-4-8(2)11(9(5-7)14-3)15-6-10(12)13/h4-5H,6H2,1-3H3,(H,12,13). The number of rotatable bonds is 4. The van der Waals surface area contributed by atoms with Crippen molar-refractivity contribution in [3.8, 4) is 5.75 Å². The first-order valence-corrected chi connectivity index (χ1v) is 5.53. The van der Waals surface area contributed by atoms with Gasteiger partial charge in [-0.15, -0.1) is 11.8 Å². The summed E-state index contributed by atoms with van der Waals surface area (Å²) < 4.78 is 5.23. The fourth-order valence-corrected chi connectivity index (χ4v) is 2.22. The number of aryl methyl sites for hydroxylation is 2. The zero-order valence-electron chi connectivity index (χ0n) is 9.03. The van der Waals surface area contributed by atoms with E-state index in [1.807, 2.05) is 26.0 Å². The smallest absolute Gasteiger partial charge is 0.313 e. The van der Waals surface area contributed by atoms with Crippen molar-refractivity contribution in [1.82, 2.24) is 0 Å². The Balaban J connectivity index is 2.98. The van der Waals surface area contributed by atoms with Gasteiger partial charge < -0.3 is 9.84 Å². The highest BCUT2D eigenvalue weighted by Crippen LogP contribution is 2.33. The molecular weight excluding hydrogens is 212 g/mol. The maximum absolute atomic E-state index is 10.5. The normalized spacial score (nSPS) is 10.1. The van der Waals surface area contributed by atoms with E-state index >= 15 is 0 Å². The lowest BCUT2D eigenvalue weighted by molar-refractivity contribution is -0.133. The predicted octanol–water partition coefficient (Wildman–Crippen LogP) is 2.49. The maximum Gasteiger partial charge on any atom is 0.313 e. The van der Waals surface area contributed by atoms with Gasteiger partial charge in [-0.05, 0) is 31.0 Å². The van der Waals surface area contributed by atoms with Gasteiger partial charge in [0.15, 0.2) is 0 Å². The van der Waals surface area contributed by atoms with Crippen molar-refractivity contribution < 1.29 is 14.6 Å². The number of hydrogen-bond acceptors (Lipinski definition) is 3. The lowest BCUT2D eigenvalue weighted by atomic mass is 10.1.